The van der Waals surface area contributed by atoms with Gasteiger partial charge in [0.25, 0.3) is 0 Å². The van der Waals surface area contributed by atoms with Gasteiger partial charge in [-0.05, 0) is 50.9 Å². The molecule has 4 rings (SSSR count). The zero-order chi connectivity index (χ0) is 23.4. The highest BCUT2D eigenvalue weighted by atomic mass is 32.1. The van der Waals surface area contributed by atoms with Crippen LogP contribution in [0, 0.1) is 11.6 Å². The number of halogens is 2. The van der Waals surface area contributed by atoms with E-state index in [1.165, 1.54) is 25.3 Å². The molecule has 1 aromatic heterocycles. The third-order valence-electron chi connectivity index (χ3n) is 6.32. The molecule has 3 N–H and O–H groups in total. The van der Waals surface area contributed by atoms with Crippen LogP contribution in [0.1, 0.15) is 53.8 Å². The monoisotopic (exact) mass is 477 g/mol. The molecule has 10 heteroatoms. The predicted octanol–water partition coefficient (Wildman–Crippen LogP) is 3.51. The van der Waals surface area contributed by atoms with E-state index in [9.17, 15) is 18.4 Å². The number of anilines is 2. The Kier molecular flexibility index (Phi) is 7.54. The predicted molar refractivity (Wildman–Crippen MR) is 124 cm³/mol. The molecule has 2 fully saturated rings. The minimum absolute atomic E-state index is 0.00632. The summed E-state index contributed by atoms with van der Waals surface area (Å²) in [5.41, 5.74) is 5.25. The van der Waals surface area contributed by atoms with E-state index in [1.54, 1.807) is 0 Å². The number of rotatable bonds is 7. The summed E-state index contributed by atoms with van der Waals surface area (Å²) in [7, 11) is 0. The molecule has 0 atom stereocenters. The highest BCUT2D eigenvalue weighted by Gasteiger charge is 2.27. The number of carbonyl (C=O) groups excluding carboxylic acids is 2. The first kappa shape index (κ1) is 23.6. The molecule has 2 aliphatic heterocycles. The van der Waals surface area contributed by atoms with Crippen molar-refractivity contribution in [2.45, 2.75) is 44.6 Å². The Labute approximate surface area is 196 Å². The average molecular weight is 478 g/mol. The molecular weight excluding hydrogens is 448 g/mol. The van der Waals surface area contributed by atoms with Crippen LogP contribution in [0.15, 0.2) is 18.2 Å². The second-order valence-corrected chi connectivity index (χ2v) is 9.61. The van der Waals surface area contributed by atoms with Crippen LogP contribution in [-0.4, -0.2) is 65.2 Å². The quantitative estimate of drug-likeness (QED) is 0.593. The molecule has 2 aromatic rings. The summed E-state index contributed by atoms with van der Waals surface area (Å²) in [4.78, 5) is 33.7. The lowest BCUT2D eigenvalue weighted by Crippen LogP contribution is -2.43. The summed E-state index contributed by atoms with van der Waals surface area (Å²) < 4.78 is 28.0. The maximum Gasteiger partial charge on any atom is 0.223 e. The van der Waals surface area contributed by atoms with Crippen LogP contribution in [0.5, 0.6) is 0 Å². The number of nitrogen functional groups attached to an aromatic ring is 1. The number of nitrogens with one attached hydrogen (secondary N) is 1. The number of hydrogen-bond acceptors (Lipinski definition) is 7. The van der Waals surface area contributed by atoms with Crippen LogP contribution in [0.4, 0.5) is 19.7 Å². The van der Waals surface area contributed by atoms with E-state index in [2.05, 4.69) is 15.2 Å². The zero-order valence-corrected chi connectivity index (χ0v) is 19.3. The van der Waals surface area contributed by atoms with Crippen molar-refractivity contribution in [1.29, 1.82) is 0 Å². The molecule has 0 aliphatic carbocycles. The minimum Gasteiger partial charge on any atom is -0.382 e. The molecule has 1 aromatic carbocycles. The summed E-state index contributed by atoms with van der Waals surface area (Å²) in [6, 6.07) is 3.35. The fraction of sp³-hybridized carbons (Fsp3) is 0.522. The van der Waals surface area contributed by atoms with Crippen LogP contribution in [0.2, 0.25) is 0 Å². The molecular formula is C23H29F2N5O2S. The minimum atomic E-state index is -0.931. The summed E-state index contributed by atoms with van der Waals surface area (Å²) >= 11 is 0.988. The fourth-order valence-corrected chi connectivity index (χ4v) is 5.34. The maximum atomic E-state index is 14.0. The van der Waals surface area contributed by atoms with Crippen molar-refractivity contribution in [3.05, 3.63) is 40.3 Å². The maximum absolute atomic E-state index is 14.0. The number of nitrogens with two attached hydrogens (primary N) is 1. The van der Waals surface area contributed by atoms with Crippen molar-refractivity contribution in [3.63, 3.8) is 0 Å². The lowest BCUT2D eigenvalue weighted by molar-refractivity contribution is -0.132. The van der Waals surface area contributed by atoms with Crippen molar-refractivity contribution < 1.29 is 18.4 Å². The normalized spacial score (nSPS) is 17.8. The summed E-state index contributed by atoms with van der Waals surface area (Å²) in [5.74, 6) is -2.54. The second-order valence-electron chi connectivity index (χ2n) is 8.61. The molecule has 3 heterocycles. The van der Waals surface area contributed by atoms with E-state index in [0.29, 0.717) is 24.6 Å². The van der Waals surface area contributed by atoms with Gasteiger partial charge in [0, 0.05) is 32.1 Å². The number of amides is 1. The van der Waals surface area contributed by atoms with Gasteiger partial charge in [-0.2, -0.15) is 0 Å². The number of ketones is 1. The topological polar surface area (TPSA) is 91.6 Å². The Hall–Kier alpha value is -2.59. The molecule has 1 amide bonds. The van der Waals surface area contributed by atoms with E-state index in [4.69, 9.17) is 5.73 Å². The molecule has 7 nitrogen and oxygen atoms in total. The number of carbonyl (C=O) groups is 2. The van der Waals surface area contributed by atoms with Crippen molar-refractivity contribution in [2.24, 2.45) is 0 Å². The van der Waals surface area contributed by atoms with Crippen molar-refractivity contribution in [3.8, 4) is 0 Å². The highest BCUT2D eigenvalue weighted by Crippen LogP contribution is 2.30. The third-order valence-corrected chi connectivity index (χ3v) is 7.32. The largest absolute Gasteiger partial charge is 0.382 e. The molecule has 0 bridgehead atoms. The number of aromatic nitrogens is 1. The van der Waals surface area contributed by atoms with Crippen molar-refractivity contribution in [1.82, 2.24) is 14.8 Å². The van der Waals surface area contributed by atoms with Gasteiger partial charge < -0.3 is 20.9 Å². The van der Waals surface area contributed by atoms with Crippen molar-refractivity contribution >= 4 is 34.0 Å². The number of nitrogens with zero attached hydrogens (tertiary/aromatic N) is 3. The first-order valence-electron chi connectivity index (χ1n) is 11.4. The Morgan fingerprint density at radius 2 is 1.76 bits per heavy atom. The second kappa shape index (κ2) is 10.6. The van der Waals surface area contributed by atoms with Gasteiger partial charge in [-0.15, -0.1) is 0 Å². The number of likely N-dealkylation sites (tertiary alicyclic amines) is 2. The number of piperidine rings is 2. The van der Waals surface area contributed by atoms with Gasteiger partial charge in [0.15, 0.2) is 5.13 Å². The van der Waals surface area contributed by atoms with Crippen LogP contribution in [0.25, 0.3) is 0 Å². The van der Waals surface area contributed by atoms with Crippen LogP contribution < -0.4 is 11.1 Å². The smallest absolute Gasteiger partial charge is 0.223 e. The Morgan fingerprint density at radius 1 is 1.09 bits per heavy atom. The van der Waals surface area contributed by atoms with E-state index < -0.39 is 23.0 Å². The van der Waals surface area contributed by atoms with Gasteiger partial charge in [-0.25, -0.2) is 13.8 Å². The third kappa shape index (κ3) is 5.67. The molecule has 2 aliphatic rings. The number of benzene rings is 1. The zero-order valence-electron chi connectivity index (χ0n) is 18.5. The first-order chi connectivity index (χ1) is 15.9. The highest BCUT2D eigenvalue weighted by molar-refractivity contribution is 7.18. The molecule has 33 heavy (non-hydrogen) atoms. The van der Waals surface area contributed by atoms with Crippen molar-refractivity contribution in [2.75, 3.05) is 43.8 Å². The number of thiazole rings is 1. The lowest BCUT2D eigenvalue weighted by Gasteiger charge is -2.33. The van der Waals surface area contributed by atoms with Crippen LogP contribution >= 0.6 is 11.3 Å². The molecule has 0 unspecified atom stereocenters. The van der Waals surface area contributed by atoms with E-state index in [-0.39, 0.29) is 22.6 Å². The SMILES string of the molecule is Nc1nc(NC2CCN(C(=O)CCN3CCCCC3)CC2)sc1C(=O)c1c(F)cccc1F. The standard InChI is InChI=1S/C23H29F2N5O2S/c24-16-5-4-6-17(25)19(16)20(32)21-22(26)28-23(33-21)27-15-7-13-30(14-8-15)18(31)9-12-29-10-2-1-3-11-29/h4-6,15H,1-3,7-14,26H2,(H,27,28). The number of hydrogen-bond donors (Lipinski definition) is 2. The van der Waals surface area contributed by atoms with Gasteiger partial charge in [0.05, 0.1) is 5.56 Å². The first-order valence-corrected chi connectivity index (χ1v) is 12.3. The average Bonchev–Trinajstić information content (AvgIpc) is 3.18. The van der Waals surface area contributed by atoms with Gasteiger partial charge >= 0.3 is 0 Å². The van der Waals surface area contributed by atoms with Crippen LogP contribution in [-0.2, 0) is 4.79 Å². The molecule has 2 saturated heterocycles. The van der Waals surface area contributed by atoms with Gasteiger partial charge in [0.1, 0.15) is 22.3 Å². The van der Waals surface area contributed by atoms with E-state index >= 15 is 0 Å². The Morgan fingerprint density at radius 3 is 2.42 bits per heavy atom. The molecule has 0 spiro atoms. The Balaban J connectivity index is 1.29. The Bertz CT molecular complexity index is 980. The summed E-state index contributed by atoms with van der Waals surface area (Å²) in [6.07, 6.45) is 5.77. The molecule has 0 saturated carbocycles. The fourth-order valence-electron chi connectivity index (χ4n) is 4.43. The van der Waals surface area contributed by atoms with Gasteiger partial charge in [-0.3, -0.25) is 9.59 Å². The summed E-state index contributed by atoms with van der Waals surface area (Å²) in [5, 5.41) is 3.70. The molecule has 0 radical (unpaired) electrons. The van der Waals surface area contributed by atoms with Gasteiger partial charge in [0.2, 0.25) is 11.7 Å². The van der Waals surface area contributed by atoms with E-state index in [0.717, 1.165) is 55.9 Å². The van der Waals surface area contributed by atoms with Crippen LogP contribution in [0.3, 0.4) is 0 Å². The summed E-state index contributed by atoms with van der Waals surface area (Å²) in [6.45, 7) is 4.32. The molecule has 178 valence electrons. The lowest BCUT2D eigenvalue weighted by atomic mass is 10.0. The van der Waals surface area contributed by atoms with E-state index in [1.807, 2.05) is 4.90 Å². The van der Waals surface area contributed by atoms with Gasteiger partial charge in [-0.1, -0.05) is 23.8 Å².